The quantitative estimate of drug-likeness (QED) is 0.216. The number of anilines is 1. The Balaban J connectivity index is 1.76. The van der Waals surface area contributed by atoms with Gasteiger partial charge in [0.05, 0.1) is 6.42 Å². The van der Waals surface area contributed by atoms with E-state index in [1.807, 2.05) is 57.2 Å². The molecule has 2 unspecified atom stereocenters. The Kier molecular flexibility index (Phi) is 9.86. The highest BCUT2D eigenvalue weighted by atomic mass is 16.4. The van der Waals surface area contributed by atoms with Gasteiger partial charge in [0.2, 0.25) is 11.8 Å². The first-order valence-corrected chi connectivity index (χ1v) is 12.6. The number of aliphatic carboxylic acids is 1. The Bertz CT molecular complexity index is 1290. The van der Waals surface area contributed by atoms with Gasteiger partial charge in [0.1, 0.15) is 12.1 Å². The number of aryl methyl sites for hydroxylation is 1. The monoisotopic (exact) mass is 521 g/mol. The fraction of sp³-hybridized carbons (Fsp3) is 0.357. The Labute approximate surface area is 221 Å². The minimum Gasteiger partial charge on any atom is -0.481 e. The zero-order valence-electron chi connectivity index (χ0n) is 21.8. The third-order valence-electron chi connectivity index (χ3n) is 6.09. The summed E-state index contributed by atoms with van der Waals surface area (Å²) in [7, 11) is 0. The summed E-state index contributed by atoms with van der Waals surface area (Å²) in [6.07, 6.45) is 2.08. The van der Waals surface area contributed by atoms with Crippen molar-refractivity contribution in [3.8, 4) is 0 Å². The molecule has 202 valence electrons. The van der Waals surface area contributed by atoms with Crippen molar-refractivity contribution < 1.29 is 24.3 Å². The number of aromatic amines is 1. The largest absolute Gasteiger partial charge is 0.481 e. The number of carbonyl (C=O) groups excluding carboxylic acids is 3. The summed E-state index contributed by atoms with van der Waals surface area (Å²) < 4.78 is 0. The molecule has 0 bridgehead atoms. The van der Waals surface area contributed by atoms with E-state index in [2.05, 4.69) is 26.3 Å². The van der Waals surface area contributed by atoms with Crippen LogP contribution in [0.3, 0.4) is 0 Å². The maximum atomic E-state index is 13.4. The van der Waals surface area contributed by atoms with Crippen LogP contribution >= 0.6 is 0 Å². The van der Waals surface area contributed by atoms with Crippen molar-refractivity contribution in [2.45, 2.75) is 52.1 Å². The minimum atomic E-state index is -1.04. The molecule has 0 radical (unpaired) electrons. The fourth-order valence-electron chi connectivity index (χ4n) is 4.15. The van der Waals surface area contributed by atoms with E-state index in [1.54, 1.807) is 18.3 Å². The topological polar surface area (TPSA) is 152 Å². The van der Waals surface area contributed by atoms with Gasteiger partial charge < -0.3 is 31.4 Å². The Morgan fingerprint density at radius 2 is 1.63 bits per heavy atom. The molecule has 0 saturated carbocycles. The van der Waals surface area contributed by atoms with Gasteiger partial charge in [-0.15, -0.1) is 0 Å². The molecule has 4 amide bonds. The second-order valence-corrected chi connectivity index (χ2v) is 9.66. The summed E-state index contributed by atoms with van der Waals surface area (Å²) in [6.45, 7) is 5.67. The molecule has 1 heterocycles. The Morgan fingerprint density at radius 1 is 0.921 bits per heavy atom. The lowest BCUT2D eigenvalue weighted by molar-refractivity contribution is -0.137. The average molecular weight is 522 g/mol. The number of carboxylic acid groups (broad SMARTS) is 1. The number of carbonyl (C=O) groups is 4. The van der Waals surface area contributed by atoms with Crippen molar-refractivity contribution in [3.63, 3.8) is 0 Å². The molecule has 2 aromatic carbocycles. The van der Waals surface area contributed by atoms with Crippen LogP contribution in [0.1, 0.15) is 37.8 Å². The molecule has 0 aliphatic carbocycles. The van der Waals surface area contributed by atoms with E-state index in [4.69, 9.17) is 5.11 Å². The number of urea groups is 1. The number of aromatic nitrogens is 1. The van der Waals surface area contributed by atoms with Gasteiger partial charge in [-0.2, -0.15) is 0 Å². The summed E-state index contributed by atoms with van der Waals surface area (Å²) in [6, 6.07) is 12.5. The molecule has 6 N–H and O–H groups in total. The van der Waals surface area contributed by atoms with E-state index in [1.165, 1.54) is 0 Å². The summed E-state index contributed by atoms with van der Waals surface area (Å²) >= 11 is 0. The van der Waals surface area contributed by atoms with E-state index < -0.39 is 35.9 Å². The molecule has 2 atom stereocenters. The SMILES string of the molecule is Cc1ccccc1NC(=O)NC(CC(C)C)C(=O)NC(Cc1c[nH]c2ccccc12)C(=O)NCCC(=O)O. The summed E-state index contributed by atoms with van der Waals surface area (Å²) in [5.74, 6) is -1.96. The van der Waals surface area contributed by atoms with Crippen LogP contribution < -0.4 is 21.3 Å². The van der Waals surface area contributed by atoms with Crippen LogP contribution in [-0.4, -0.2) is 52.5 Å². The number of amides is 4. The van der Waals surface area contributed by atoms with Gasteiger partial charge in [0.15, 0.2) is 0 Å². The lowest BCUT2D eigenvalue weighted by atomic mass is 10.0. The molecular weight excluding hydrogens is 486 g/mol. The van der Waals surface area contributed by atoms with E-state index in [0.29, 0.717) is 12.1 Å². The van der Waals surface area contributed by atoms with E-state index in [0.717, 1.165) is 22.0 Å². The van der Waals surface area contributed by atoms with E-state index >= 15 is 0 Å². The first-order valence-electron chi connectivity index (χ1n) is 12.6. The lowest BCUT2D eigenvalue weighted by Crippen LogP contribution is -2.55. The van der Waals surface area contributed by atoms with Crippen molar-refractivity contribution in [1.82, 2.24) is 20.9 Å². The highest BCUT2D eigenvalue weighted by Gasteiger charge is 2.28. The molecule has 10 nitrogen and oxygen atoms in total. The molecule has 0 aliphatic heterocycles. The molecule has 0 fully saturated rings. The van der Waals surface area contributed by atoms with Crippen molar-refractivity contribution >= 4 is 40.4 Å². The summed E-state index contributed by atoms with van der Waals surface area (Å²) in [4.78, 5) is 53.2. The number of benzene rings is 2. The number of fused-ring (bicyclic) bond motifs is 1. The standard InChI is InChI=1S/C28H35N5O5/c1-17(2)14-23(33-28(38)32-21-10-6-4-8-18(21)3)27(37)31-24(26(36)29-13-12-25(34)35)15-19-16-30-22-11-7-5-9-20(19)22/h4-11,16-17,23-24,30H,12-15H2,1-3H3,(H,29,36)(H,31,37)(H,34,35)(H2,32,33,38). The number of hydrogen-bond donors (Lipinski definition) is 6. The van der Waals surface area contributed by atoms with Gasteiger partial charge in [-0.25, -0.2) is 4.79 Å². The molecule has 38 heavy (non-hydrogen) atoms. The number of para-hydroxylation sites is 2. The number of nitrogens with one attached hydrogen (secondary N) is 5. The van der Waals surface area contributed by atoms with Gasteiger partial charge in [-0.3, -0.25) is 14.4 Å². The summed E-state index contributed by atoms with van der Waals surface area (Å²) in [5, 5.41) is 20.7. The third kappa shape index (κ3) is 8.09. The number of H-pyrrole nitrogens is 1. The van der Waals surface area contributed by atoms with Crippen LogP contribution in [-0.2, 0) is 20.8 Å². The number of hydrogen-bond acceptors (Lipinski definition) is 4. The van der Waals surface area contributed by atoms with Crippen molar-refractivity contribution in [2.24, 2.45) is 5.92 Å². The van der Waals surface area contributed by atoms with Gasteiger partial charge in [0.25, 0.3) is 0 Å². The molecular formula is C28H35N5O5. The van der Waals surface area contributed by atoms with Crippen LogP contribution in [0.15, 0.2) is 54.7 Å². The first kappa shape index (κ1) is 28.2. The zero-order chi connectivity index (χ0) is 27.7. The zero-order valence-corrected chi connectivity index (χ0v) is 21.8. The van der Waals surface area contributed by atoms with E-state index in [9.17, 15) is 19.2 Å². The van der Waals surface area contributed by atoms with Crippen LogP contribution in [0, 0.1) is 12.8 Å². The number of carboxylic acids is 1. The second kappa shape index (κ2) is 13.3. The molecule has 1 aromatic heterocycles. The fourth-order valence-corrected chi connectivity index (χ4v) is 4.15. The van der Waals surface area contributed by atoms with Crippen LogP contribution in [0.2, 0.25) is 0 Å². The van der Waals surface area contributed by atoms with Gasteiger partial charge >= 0.3 is 12.0 Å². The molecule has 10 heteroatoms. The molecule has 0 aliphatic rings. The number of rotatable bonds is 12. The predicted molar refractivity (Wildman–Crippen MR) is 146 cm³/mol. The lowest BCUT2D eigenvalue weighted by Gasteiger charge is -2.24. The van der Waals surface area contributed by atoms with Crippen molar-refractivity contribution in [3.05, 3.63) is 65.9 Å². The Morgan fingerprint density at radius 3 is 2.34 bits per heavy atom. The molecule has 0 spiro atoms. The summed E-state index contributed by atoms with van der Waals surface area (Å²) in [5.41, 5.74) is 3.23. The van der Waals surface area contributed by atoms with Gasteiger partial charge in [0, 0.05) is 35.8 Å². The maximum absolute atomic E-state index is 13.4. The Hall–Kier alpha value is -4.34. The smallest absolute Gasteiger partial charge is 0.319 e. The van der Waals surface area contributed by atoms with Crippen molar-refractivity contribution in [1.29, 1.82) is 0 Å². The van der Waals surface area contributed by atoms with Crippen LogP contribution in [0.5, 0.6) is 0 Å². The highest BCUT2D eigenvalue weighted by molar-refractivity contribution is 5.96. The third-order valence-corrected chi connectivity index (χ3v) is 6.09. The average Bonchev–Trinajstić information content (AvgIpc) is 3.27. The second-order valence-electron chi connectivity index (χ2n) is 9.66. The molecule has 0 saturated heterocycles. The van der Waals surface area contributed by atoms with Gasteiger partial charge in [-0.1, -0.05) is 50.2 Å². The van der Waals surface area contributed by atoms with Crippen LogP contribution in [0.25, 0.3) is 10.9 Å². The van der Waals surface area contributed by atoms with E-state index in [-0.39, 0.29) is 25.3 Å². The van der Waals surface area contributed by atoms with Gasteiger partial charge in [-0.05, 0) is 42.5 Å². The predicted octanol–water partition coefficient (Wildman–Crippen LogP) is 3.33. The molecule has 3 aromatic rings. The van der Waals surface area contributed by atoms with Crippen LogP contribution in [0.4, 0.5) is 10.5 Å². The van der Waals surface area contributed by atoms with Crippen molar-refractivity contribution in [2.75, 3.05) is 11.9 Å². The maximum Gasteiger partial charge on any atom is 0.319 e. The highest BCUT2D eigenvalue weighted by Crippen LogP contribution is 2.19. The molecule has 3 rings (SSSR count). The normalized spacial score (nSPS) is 12.5. The minimum absolute atomic E-state index is 0.0685. The first-order chi connectivity index (χ1) is 18.1.